The summed E-state index contributed by atoms with van der Waals surface area (Å²) in [4.78, 5) is 13.0. The van der Waals surface area contributed by atoms with Crippen molar-refractivity contribution in [2.75, 3.05) is 23.3 Å². The number of rotatable bonds is 9. The molecule has 0 aromatic heterocycles. The Kier molecular flexibility index (Phi) is 8.15. The van der Waals surface area contributed by atoms with Gasteiger partial charge in [-0.15, -0.1) is 0 Å². The first-order chi connectivity index (χ1) is 17.8. The average Bonchev–Trinajstić information content (AvgIpc) is 2.89. The first-order valence-corrected chi connectivity index (χ1v) is 13.6. The standard InChI is InChI=1S/C28H25BrN2O5S/c1-20-8-12-22(13-9-20)31(37(33,34)25-16-17-27(35-2)26(29)18-25)19-28(32)30-21-10-14-24(15-11-21)36-23-6-4-3-5-7-23/h3-18H,19H2,1-2H3,(H,30,32). The molecule has 0 atom stereocenters. The van der Waals surface area contributed by atoms with Gasteiger partial charge in [0.05, 0.1) is 22.2 Å². The van der Waals surface area contributed by atoms with Crippen molar-refractivity contribution in [1.29, 1.82) is 0 Å². The summed E-state index contributed by atoms with van der Waals surface area (Å²) in [7, 11) is -2.58. The number of anilines is 2. The molecule has 0 unspecified atom stereocenters. The zero-order chi connectivity index (χ0) is 26.4. The first kappa shape index (κ1) is 26.2. The van der Waals surface area contributed by atoms with Gasteiger partial charge in [0.2, 0.25) is 5.91 Å². The zero-order valence-electron chi connectivity index (χ0n) is 20.2. The van der Waals surface area contributed by atoms with Gasteiger partial charge < -0.3 is 14.8 Å². The highest BCUT2D eigenvalue weighted by atomic mass is 79.9. The minimum atomic E-state index is -4.08. The number of para-hydroxylation sites is 1. The van der Waals surface area contributed by atoms with Crippen LogP contribution in [0.5, 0.6) is 17.2 Å². The molecule has 0 aliphatic heterocycles. The smallest absolute Gasteiger partial charge is 0.264 e. The number of nitrogens with zero attached hydrogens (tertiary/aromatic N) is 1. The molecule has 4 rings (SSSR count). The summed E-state index contributed by atoms with van der Waals surface area (Å²) in [6.07, 6.45) is 0. The van der Waals surface area contributed by atoms with Crippen LogP contribution in [0.2, 0.25) is 0 Å². The molecule has 0 heterocycles. The van der Waals surface area contributed by atoms with Crippen molar-refractivity contribution in [3.8, 4) is 17.2 Å². The number of hydrogen-bond donors (Lipinski definition) is 1. The van der Waals surface area contributed by atoms with Gasteiger partial charge in [-0.25, -0.2) is 8.42 Å². The van der Waals surface area contributed by atoms with Crippen LogP contribution in [0.4, 0.5) is 11.4 Å². The Morgan fingerprint density at radius 1 is 0.892 bits per heavy atom. The molecule has 4 aromatic rings. The number of aryl methyl sites for hydroxylation is 1. The second kappa shape index (κ2) is 11.5. The molecule has 0 radical (unpaired) electrons. The summed E-state index contributed by atoms with van der Waals surface area (Å²) in [5.41, 5.74) is 1.86. The topological polar surface area (TPSA) is 84.9 Å². The molecule has 0 spiro atoms. The molecule has 0 aliphatic rings. The van der Waals surface area contributed by atoms with Gasteiger partial charge in [-0.1, -0.05) is 35.9 Å². The van der Waals surface area contributed by atoms with E-state index >= 15 is 0 Å². The van der Waals surface area contributed by atoms with E-state index in [-0.39, 0.29) is 4.90 Å². The third-order valence-electron chi connectivity index (χ3n) is 5.44. The maximum Gasteiger partial charge on any atom is 0.264 e. The third-order valence-corrected chi connectivity index (χ3v) is 7.83. The molecule has 7 nitrogen and oxygen atoms in total. The summed E-state index contributed by atoms with van der Waals surface area (Å²) in [5, 5.41) is 2.77. The molecule has 1 N–H and O–H groups in total. The lowest BCUT2D eigenvalue weighted by atomic mass is 10.2. The van der Waals surface area contributed by atoms with Gasteiger partial charge in [0.25, 0.3) is 10.0 Å². The van der Waals surface area contributed by atoms with E-state index in [1.807, 2.05) is 37.3 Å². The van der Waals surface area contributed by atoms with Gasteiger partial charge in [0, 0.05) is 5.69 Å². The quantitative estimate of drug-likeness (QED) is 0.248. The molecule has 37 heavy (non-hydrogen) atoms. The Hall–Kier alpha value is -3.82. The molecule has 190 valence electrons. The van der Waals surface area contributed by atoms with Crippen molar-refractivity contribution in [1.82, 2.24) is 0 Å². The van der Waals surface area contributed by atoms with Crippen molar-refractivity contribution in [2.45, 2.75) is 11.8 Å². The zero-order valence-corrected chi connectivity index (χ0v) is 22.6. The number of halogens is 1. The highest BCUT2D eigenvalue weighted by Gasteiger charge is 2.28. The fraction of sp³-hybridized carbons (Fsp3) is 0.107. The van der Waals surface area contributed by atoms with Crippen LogP contribution in [0.1, 0.15) is 5.56 Å². The fourth-order valence-corrected chi connectivity index (χ4v) is 5.66. The number of carbonyl (C=O) groups is 1. The number of methoxy groups -OCH3 is 1. The second-order valence-corrected chi connectivity index (χ2v) is 10.8. The van der Waals surface area contributed by atoms with Crippen LogP contribution in [0.25, 0.3) is 0 Å². The lowest BCUT2D eigenvalue weighted by molar-refractivity contribution is -0.114. The average molecular weight is 581 g/mol. The maximum absolute atomic E-state index is 13.6. The number of sulfonamides is 1. The Bertz CT molecular complexity index is 1480. The summed E-state index contributed by atoms with van der Waals surface area (Å²) in [5.74, 6) is 1.31. The molecule has 0 fully saturated rings. The second-order valence-electron chi connectivity index (χ2n) is 8.13. The molecule has 4 aromatic carbocycles. The van der Waals surface area contributed by atoms with Crippen LogP contribution < -0.4 is 19.1 Å². The van der Waals surface area contributed by atoms with E-state index in [9.17, 15) is 13.2 Å². The normalized spacial score (nSPS) is 11.0. The van der Waals surface area contributed by atoms with Gasteiger partial charge in [-0.2, -0.15) is 0 Å². The first-order valence-electron chi connectivity index (χ1n) is 11.3. The lowest BCUT2D eigenvalue weighted by Gasteiger charge is -2.24. The Morgan fingerprint density at radius 3 is 2.16 bits per heavy atom. The number of hydrogen-bond acceptors (Lipinski definition) is 5. The minimum absolute atomic E-state index is 0.0240. The summed E-state index contributed by atoms with van der Waals surface area (Å²) in [6, 6.07) is 27.6. The van der Waals surface area contributed by atoms with Crippen molar-refractivity contribution in [3.05, 3.63) is 107 Å². The Balaban J connectivity index is 1.55. The van der Waals surface area contributed by atoms with Gasteiger partial charge in [-0.3, -0.25) is 9.10 Å². The fourth-order valence-electron chi connectivity index (χ4n) is 3.52. The number of carbonyl (C=O) groups excluding carboxylic acids is 1. The van der Waals surface area contributed by atoms with Crippen molar-refractivity contribution in [3.63, 3.8) is 0 Å². The molecule has 0 saturated carbocycles. The lowest BCUT2D eigenvalue weighted by Crippen LogP contribution is -2.38. The predicted octanol–water partition coefficient (Wildman–Crippen LogP) is 6.39. The van der Waals surface area contributed by atoms with E-state index in [1.54, 1.807) is 54.6 Å². The summed E-state index contributed by atoms with van der Waals surface area (Å²) < 4.78 is 39.9. The summed E-state index contributed by atoms with van der Waals surface area (Å²) >= 11 is 3.34. The van der Waals surface area contributed by atoms with E-state index in [0.717, 1.165) is 9.87 Å². The number of ether oxygens (including phenoxy) is 2. The third kappa shape index (κ3) is 6.49. The highest BCUT2D eigenvalue weighted by molar-refractivity contribution is 9.10. The molecular weight excluding hydrogens is 556 g/mol. The molecule has 0 saturated heterocycles. The molecule has 0 bridgehead atoms. The van der Waals surface area contributed by atoms with E-state index in [2.05, 4.69) is 21.2 Å². The van der Waals surface area contributed by atoms with Crippen molar-refractivity contribution < 1.29 is 22.7 Å². The Morgan fingerprint density at radius 2 is 1.54 bits per heavy atom. The van der Waals surface area contributed by atoms with Crippen molar-refractivity contribution >= 4 is 43.2 Å². The predicted molar refractivity (Wildman–Crippen MR) is 148 cm³/mol. The molecular formula is C28H25BrN2O5S. The van der Waals surface area contributed by atoms with Gasteiger partial charge >= 0.3 is 0 Å². The monoisotopic (exact) mass is 580 g/mol. The number of benzene rings is 4. The van der Waals surface area contributed by atoms with Crippen LogP contribution in [0, 0.1) is 6.92 Å². The number of nitrogens with one attached hydrogen (secondary N) is 1. The van der Waals surface area contributed by atoms with E-state index in [0.29, 0.717) is 33.1 Å². The van der Waals surface area contributed by atoms with Crippen LogP contribution in [-0.4, -0.2) is 28.0 Å². The molecule has 0 aliphatic carbocycles. The Labute approximate surface area is 224 Å². The molecule has 9 heteroatoms. The largest absolute Gasteiger partial charge is 0.496 e. The molecule has 1 amide bonds. The highest BCUT2D eigenvalue weighted by Crippen LogP contribution is 2.31. The van der Waals surface area contributed by atoms with Crippen LogP contribution in [0.15, 0.2) is 106 Å². The van der Waals surface area contributed by atoms with E-state index < -0.39 is 22.5 Å². The van der Waals surface area contributed by atoms with Gasteiger partial charge in [-0.05, 0) is 89.6 Å². The summed E-state index contributed by atoms with van der Waals surface area (Å²) in [6.45, 7) is 1.48. The van der Waals surface area contributed by atoms with E-state index in [4.69, 9.17) is 9.47 Å². The van der Waals surface area contributed by atoms with E-state index in [1.165, 1.54) is 19.2 Å². The SMILES string of the molecule is COc1ccc(S(=O)(=O)N(CC(=O)Nc2ccc(Oc3ccccc3)cc2)c2ccc(C)cc2)cc1Br. The van der Waals surface area contributed by atoms with Gasteiger partial charge in [0.1, 0.15) is 23.8 Å². The maximum atomic E-state index is 13.6. The van der Waals surface area contributed by atoms with Crippen LogP contribution in [0.3, 0.4) is 0 Å². The van der Waals surface area contributed by atoms with Gasteiger partial charge in [0.15, 0.2) is 0 Å². The number of amides is 1. The van der Waals surface area contributed by atoms with Crippen LogP contribution in [-0.2, 0) is 14.8 Å². The minimum Gasteiger partial charge on any atom is -0.496 e. The van der Waals surface area contributed by atoms with Crippen LogP contribution >= 0.6 is 15.9 Å². The van der Waals surface area contributed by atoms with Crippen molar-refractivity contribution in [2.24, 2.45) is 0 Å².